The van der Waals surface area contributed by atoms with Crippen molar-refractivity contribution >= 4 is 11.7 Å². The van der Waals surface area contributed by atoms with Gasteiger partial charge in [-0.1, -0.05) is 12.1 Å². The lowest BCUT2D eigenvalue weighted by Gasteiger charge is -2.09. The van der Waals surface area contributed by atoms with Crippen molar-refractivity contribution in [3.05, 3.63) is 39.9 Å². The van der Waals surface area contributed by atoms with Gasteiger partial charge in [0.05, 0.1) is 17.6 Å². The molecular formula is C12H15NO5. The van der Waals surface area contributed by atoms with Crippen LogP contribution in [0.2, 0.25) is 0 Å². The SMILES string of the molecule is CO[C@H](C)CCOC(=O)c1ccccc1[N+](=O)[O-]. The lowest BCUT2D eigenvalue weighted by molar-refractivity contribution is -0.385. The molecular weight excluding hydrogens is 238 g/mol. The molecule has 0 saturated carbocycles. The Morgan fingerprint density at radius 3 is 2.72 bits per heavy atom. The average Bonchev–Trinajstić information content (AvgIpc) is 2.38. The third kappa shape index (κ3) is 3.81. The zero-order chi connectivity index (χ0) is 13.5. The second kappa shape index (κ2) is 6.70. The first kappa shape index (κ1) is 14.1. The highest BCUT2D eigenvalue weighted by atomic mass is 16.6. The summed E-state index contributed by atoms with van der Waals surface area (Å²) in [7, 11) is 1.56. The lowest BCUT2D eigenvalue weighted by atomic mass is 10.2. The predicted octanol–water partition coefficient (Wildman–Crippen LogP) is 2.18. The zero-order valence-corrected chi connectivity index (χ0v) is 10.3. The van der Waals surface area contributed by atoms with Gasteiger partial charge in [0, 0.05) is 19.6 Å². The molecule has 0 spiro atoms. The Balaban J connectivity index is 2.64. The Labute approximate surface area is 105 Å². The minimum atomic E-state index is -0.689. The van der Waals surface area contributed by atoms with Gasteiger partial charge in [0.15, 0.2) is 0 Å². The summed E-state index contributed by atoms with van der Waals surface area (Å²) in [5.74, 6) is -0.689. The molecule has 0 radical (unpaired) electrons. The first-order valence-electron chi connectivity index (χ1n) is 5.49. The van der Waals surface area contributed by atoms with Crippen molar-refractivity contribution in [3.63, 3.8) is 0 Å². The van der Waals surface area contributed by atoms with Crippen LogP contribution in [-0.2, 0) is 9.47 Å². The van der Waals surface area contributed by atoms with Gasteiger partial charge in [0.2, 0.25) is 0 Å². The average molecular weight is 253 g/mol. The van der Waals surface area contributed by atoms with Gasteiger partial charge in [-0.25, -0.2) is 4.79 Å². The number of carbonyl (C=O) groups excluding carboxylic acids is 1. The molecule has 6 nitrogen and oxygen atoms in total. The summed E-state index contributed by atoms with van der Waals surface area (Å²) in [5, 5.41) is 10.7. The van der Waals surface area contributed by atoms with Crippen LogP contribution in [0, 0.1) is 10.1 Å². The third-order valence-electron chi connectivity index (χ3n) is 2.48. The van der Waals surface area contributed by atoms with E-state index in [1.807, 2.05) is 6.92 Å². The number of benzene rings is 1. The van der Waals surface area contributed by atoms with Crippen LogP contribution in [0.25, 0.3) is 0 Å². The Hall–Kier alpha value is -1.95. The van der Waals surface area contributed by atoms with E-state index in [0.29, 0.717) is 6.42 Å². The maximum Gasteiger partial charge on any atom is 0.345 e. The van der Waals surface area contributed by atoms with Crippen LogP contribution >= 0.6 is 0 Å². The molecule has 1 atom stereocenters. The smallest absolute Gasteiger partial charge is 0.345 e. The van der Waals surface area contributed by atoms with Crippen molar-refractivity contribution in [1.29, 1.82) is 0 Å². The minimum Gasteiger partial charge on any atom is -0.462 e. The topological polar surface area (TPSA) is 78.7 Å². The van der Waals surface area contributed by atoms with Crippen LogP contribution < -0.4 is 0 Å². The number of ether oxygens (including phenoxy) is 2. The molecule has 0 N–H and O–H groups in total. The summed E-state index contributed by atoms with van der Waals surface area (Å²) < 4.78 is 9.97. The molecule has 18 heavy (non-hydrogen) atoms. The second-order valence-corrected chi connectivity index (χ2v) is 3.75. The summed E-state index contributed by atoms with van der Waals surface area (Å²) in [6.45, 7) is 2.01. The first-order valence-corrected chi connectivity index (χ1v) is 5.49. The molecule has 0 aliphatic heterocycles. The van der Waals surface area contributed by atoms with Gasteiger partial charge in [-0.15, -0.1) is 0 Å². The number of nitro benzene ring substituents is 1. The number of rotatable bonds is 6. The van der Waals surface area contributed by atoms with Gasteiger partial charge in [0.1, 0.15) is 5.56 Å². The van der Waals surface area contributed by atoms with Crippen molar-refractivity contribution < 1.29 is 19.2 Å². The van der Waals surface area contributed by atoms with Crippen molar-refractivity contribution in [2.45, 2.75) is 19.4 Å². The standard InChI is InChI=1S/C12H15NO5/c1-9(17-2)7-8-18-12(14)10-5-3-4-6-11(10)13(15)16/h3-6,9H,7-8H2,1-2H3/t9-/m1/s1. The summed E-state index contributed by atoms with van der Waals surface area (Å²) >= 11 is 0. The molecule has 0 aromatic heterocycles. The number of nitrogens with zero attached hydrogens (tertiary/aromatic N) is 1. The summed E-state index contributed by atoms with van der Waals surface area (Å²) in [6, 6.07) is 5.71. The number of hydrogen-bond acceptors (Lipinski definition) is 5. The summed E-state index contributed by atoms with van der Waals surface area (Å²) in [4.78, 5) is 21.8. The molecule has 0 unspecified atom stereocenters. The maximum absolute atomic E-state index is 11.7. The van der Waals surface area contributed by atoms with E-state index < -0.39 is 10.9 Å². The molecule has 0 fully saturated rings. The highest BCUT2D eigenvalue weighted by Gasteiger charge is 2.20. The fourth-order valence-corrected chi connectivity index (χ4v) is 1.32. The normalized spacial score (nSPS) is 11.9. The van der Waals surface area contributed by atoms with Crippen molar-refractivity contribution in [2.75, 3.05) is 13.7 Å². The van der Waals surface area contributed by atoms with E-state index in [1.54, 1.807) is 13.2 Å². The number of para-hydroxylation sites is 1. The van der Waals surface area contributed by atoms with Crippen LogP contribution in [0.1, 0.15) is 23.7 Å². The Morgan fingerprint density at radius 1 is 1.44 bits per heavy atom. The van der Waals surface area contributed by atoms with Gasteiger partial charge in [0.25, 0.3) is 5.69 Å². The number of esters is 1. The fourth-order valence-electron chi connectivity index (χ4n) is 1.32. The highest BCUT2D eigenvalue weighted by molar-refractivity contribution is 5.93. The van der Waals surface area contributed by atoms with E-state index in [2.05, 4.69) is 0 Å². The molecule has 6 heteroatoms. The number of methoxy groups -OCH3 is 1. The highest BCUT2D eigenvalue weighted by Crippen LogP contribution is 2.18. The number of carbonyl (C=O) groups is 1. The maximum atomic E-state index is 11.7. The van der Waals surface area contributed by atoms with E-state index in [1.165, 1.54) is 18.2 Å². The van der Waals surface area contributed by atoms with Gasteiger partial charge in [-0.3, -0.25) is 10.1 Å². The van der Waals surface area contributed by atoms with Crippen LogP contribution in [0.5, 0.6) is 0 Å². The van der Waals surface area contributed by atoms with Gasteiger partial charge in [-0.05, 0) is 13.0 Å². The quantitative estimate of drug-likeness (QED) is 0.441. The molecule has 1 aromatic carbocycles. The molecule has 0 heterocycles. The van der Waals surface area contributed by atoms with E-state index >= 15 is 0 Å². The first-order chi connectivity index (χ1) is 8.56. The number of nitro groups is 1. The zero-order valence-electron chi connectivity index (χ0n) is 10.3. The Bertz CT molecular complexity index is 432. The Kier molecular flexibility index (Phi) is 5.26. The molecule has 1 aromatic rings. The van der Waals surface area contributed by atoms with Crippen molar-refractivity contribution in [1.82, 2.24) is 0 Å². The largest absolute Gasteiger partial charge is 0.462 e. The monoisotopic (exact) mass is 253 g/mol. The van der Waals surface area contributed by atoms with Gasteiger partial charge >= 0.3 is 5.97 Å². The second-order valence-electron chi connectivity index (χ2n) is 3.75. The minimum absolute atomic E-state index is 0.0245. The third-order valence-corrected chi connectivity index (χ3v) is 2.48. The number of hydrogen-bond donors (Lipinski definition) is 0. The van der Waals surface area contributed by atoms with E-state index in [4.69, 9.17) is 9.47 Å². The lowest BCUT2D eigenvalue weighted by Crippen LogP contribution is -2.13. The molecule has 0 amide bonds. The van der Waals surface area contributed by atoms with Crippen molar-refractivity contribution in [2.24, 2.45) is 0 Å². The Morgan fingerprint density at radius 2 is 2.11 bits per heavy atom. The molecule has 0 aliphatic rings. The molecule has 0 bridgehead atoms. The molecule has 98 valence electrons. The molecule has 1 rings (SSSR count). The molecule has 0 saturated heterocycles. The van der Waals surface area contributed by atoms with Crippen molar-refractivity contribution in [3.8, 4) is 0 Å². The van der Waals surface area contributed by atoms with E-state index in [0.717, 1.165) is 0 Å². The molecule has 0 aliphatic carbocycles. The van der Waals surface area contributed by atoms with Crippen LogP contribution in [0.4, 0.5) is 5.69 Å². The van der Waals surface area contributed by atoms with Crippen LogP contribution in [0.15, 0.2) is 24.3 Å². The summed E-state index contributed by atoms with van der Waals surface area (Å²) in [5.41, 5.74) is -0.283. The van der Waals surface area contributed by atoms with E-state index in [9.17, 15) is 14.9 Å². The predicted molar refractivity (Wildman–Crippen MR) is 64.5 cm³/mol. The summed E-state index contributed by atoms with van der Waals surface area (Å²) in [6.07, 6.45) is 0.520. The van der Waals surface area contributed by atoms with Gasteiger partial charge < -0.3 is 9.47 Å². The van der Waals surface area contributed by atoms with E-state index in [-0.39, 0.29) is 24.0 Å². The fraction of sp³-hybridized carbons (Fsp3) is 0.417. The van der Waals surface area contributed by atoms with Crippen LogP contribution in [-0.4, -0.2) is 30.7 Å². The van der Waals surface area contributed by atoms with Gasteiger partial charge in [-0.2, -0.15) is 0 Å². The van der Waals surface area contributed by atoms with Crippen LogP contribution in [0.3, 0.4) is 0 Å².